The highest BCUT2D eigenvalue weighted by Crippen LogP contribution is 2.17. The van der Waals surface area contributed by atoms with E-state index >= 15 is 0 Å². The van der Waals surface area contributed by atoms with Gasteiger partial charge < -0.3 is 0 Å². The molecule has 0 fully saturated rings. The van der Waals surface area contributed by atoms with Crippen LogP contribution in [0.25, 0.3) is 0 Å². The van der Waals surface area contributed by atoms with E-state index in [1.807, 2.05) is 31.2 Å². The minimum atomic E-state index is 0.122. The van der Waals surface area contributed by atoms with Crippen LogP contribution in [0.5, 0.6) is 0 Å². The van der Waals surface area contributed by atoms with Gasteiger partial charge in [0.25, 0.3) is 0 Å². The molecule has 1 rings (SSSR count). The summed E-state index contributed by atoms with van der Waals surface area (Å²) in [4.78, 5) is 15.8. The Hall–Kier alpha value is -1.44. The molecule has 2 nitrogen and oxygen atoms in total. The molecule has 0 aromatic carbocycles. The molecule has 0 aliphatic heterocycles. The van der Waals surface area contributed by atoms with Gasteiger partial charge in [-0.15, -0.1) is 0 Å². The number of hydrogen-bond acceptors (Lipinski definition) is 2. The lowest BCUT2D eigenvalue weighted by atomic mass is 10.1. The summed E-state index contributed by atoms with van der Waals surface area (Å²) in [5.74, 6) is 0.122. The first kappa shape index (κ1) is 11.6. The molecule has 0 saturated heterocycles. The third kappa shape index (κ3) is 3.66. The fourth-order valence-electron chi connectivity index (χ4n) is 1.29. The third-order valence-corrected chi connectivity index (χ3v) is 2.37. The van der Waals surface area contributed by atoms with E-state index in [1.165, 1.54) is 0 Å². The van der Waals surface area contributed by atoms with Crippen molar-refractivity contribution in [3.63, 3.8) is 0 Å². The summed E-state index contributed by atoms with van der Waals surface area (Å²) < 4.78 is 0. The lowest BCUT2D eigenvalue weighted by Crippen LogP contribution is -1.98. The zero-order valence-electron chi connectivity index (χ0n) is 9.58. The summed E-state index contributed by atoms with van der Waals surface area (Å²) in [5.41, 5.74) is 2.88. The lowest BCUT2D eigenvalue weighted by molar-refractivity contribution is -0.113. The number of ketones is 1. The molecule has 2 heteroatoms. The molecule has 0 unspecified atom stereocenters. The molecule has 0 radical (unpaired) electrons. The van der Waals surface area contributed by atoms with Crippen molar-refractivity contribution in [2.24, 2.45) is 4.99 Å². The van der Waals surface area contributed by atoms with Crippen LogP contribution in [0.4, 0.5) is 0 Å². The van der Waals surface area contributed by atoms with Gasteiger partial charge >= 0.3 is 0 Å². The van der Waals surface area contributed by atoms with Gasteiger partial charge in [-0.25, -0.2) is 0 Å². The van der Waals surface area contributed by atoms with Gasteiger partial charge in [0.2, 0.25) is 0 Å². The van der Waals surface area contributed by atoms with Gasteiger partial charge in [-0.1, -0.05) is 25.2 Å². The van der Waals surface area contributed by atoms with Crippen molar-refractivity contribution in [1.29, 1.82) is 0 Å². The predicted octanol–water partition coefficient (Wildman–Crippen LogP) is 3.22. The number of rotatable bonds is 3. The van der Waals surface area contributed by atoms with Crippen LogP contribution in [0.2, 0.25) is 0 Å². The number of carbonyl (C=O) groups excluding carboxylic acids is 1. The Kier molecular flexibility index (Phi) is 4.22. The van der Waals surface area contributed by atoms with Gasteiger partial charge in [0.1, 0.15) is 0 Å². The molecule has 1 aliphatic rings. The van der Waals surface area contributed by atoms with Crippen molar-refractivity contribution in [3.8, 4) is 0 Å². The summed E-state index contributed by atoms with van der Waals surface area (Å²) in [7, 11) is 0. The molecule has 0 amide bonds. The van der Waals surface area contributed by atoms with Crippen molar-refractivity contribution in [2.75, 3.05) is 0 Å². The first-order chi connectivity index (χ1) is 7.13. The highest BCUT2D eigenvalue weighted by atomic mass is 16.1. The number of carbonyl (C=O) groups is 1. The maximum atomic E-state index is 11.3. The van der Waals surface area contributed by atoms with E-state index in [4.69, 9.17) is 0 Å². The van der Waals surface area contributed by atoms with Crippen molar-refractivity contribution < 1.29 is 4.79 Å². The van der Waals surface area contributed by atoms with Gasteiger partial charge in [0.15, 0.2) is 5.78 Å². The van der Waals surface area contributed by atoms with Gasteiger partial charge in [0.05, 0.1) is 0 Å². The summed E-state index contributed by atoms with van der Waals surface area (Å²) in [6.07, 6.45) is 9.23. The minimum Gasteiger partial charge on any atom is -0.295 e. The molecule has 80 valence electrons. The lowest BCUT2D eigenvalue weighted by Gasteiger charge is -2.03. The fraction of sp³-hybridized carbons (Fsp3) is 0.385. The van der Waals surface area contributed by atoms with E-state index in [0.717, 1.165) is 23.4 Å². The maximum absolute atomic E-state index is 11.3. The molecule has 0 spiro atoms. The number of allylic oxidation sites excluding steroid dienone is 5. The Balaban J connectivity index is 2.86. The van der Waals surface area contributed by atoms with E-state index in [0.29, 0.717) is 6.42 Å². The van der Waals surface area contributed by atoms with Crippen LogP contribution in [-0.2, 0) is 4.79 Å². The third-order valence-electron chi connectivity index (χ3n) is 2.37. The van der Waals surface area contributed by atoms with E-state index in [-0.39, 0.29) is 5.78 Å². The van der Waals surface area contributed by atoms with E-state index < -0.39 is 0 Å². The highest BCUT2D eigenvalue weighted by molar-refractivity contribution is 5.94. The summed E-state index contributed by atoms with van der Waals surface area (Å²) in [5, 5.41) is 0. The van der Waals surface area contributed by atoms with Crippen LogP contribution in [0, 0.1) is 0 Å². The van der Waals surface area contributed by atoms with Gasteiger partial charge in [-0.3, -0.25) is 9.79 Å². The number of hydrogen-bond donors (Lipinski definition) is 0. The molecule has 1 aliphatic carbocycles. The van der Waals surface area contributed by atoms with E-state index in [9.17, 15) is 4.79 Å². The standard InChI is InChI=1S/C13H17NO/c1-4-10(2)14-13-8-6-5-7-12(9-13)11(3)15/h5-8H,4,9H2,1-3H3. The smallest absolute Gasteiger partial charge is 0.156 e. The number of Topliss-reactive ketones (excluding diaryl/α,β-unsaturated/α-hetero) is 1. The summed E-state index contributed by atoms with van der Waals surface area (Å²) >= 11 is 0. The van der Waals surface area contributed by atoms with Crippen LogP contribution in [0.3, 0.4) is 0 Å². The minimum absolute atomic E-state index is 0.122. The molecule has 15 heavy (non-hydrogen) atoms. The van der Waals surface area contributed by atoms with Crippen molar-refractivity contribution in [3.05, 3.63) is 35.6 Å². The maximum Gasteiger partial charge on any atom is 0.156 e. The average Bonchev–Trinajstić information content (AvgIpc) is 2.43. The Morgan fingerprint density at radius 1 is 1.33 bits per heavy atom. The van der Waals surface area contributed by atoms with E-state index in [1.54, 1.807) is 6.92 Å². The van der Waals surface area contributed by atoms with Gasteiger partial charge in [-0.2, -0.15) is 0 Å². The average molecular weight is 203 g/mol. The van der Waals surface area contributed by atoms with Crippen LogP contribution < -0.4 is 0 Å². The van der Waals surface area contributed by atoms with Crippen LogP contribution in [0.1, 0.15) is 33.6 Å². The molecule has 0 bridgehead atoms. The molecule has 0 saturated carbocycles. The Morgan fingerprint density at radius 3 is 2.60 bits per heavy atom. The second kappa shape index (κ2) is 5.44. The Morgan fingerprint density at radius 2 is 2.00 bits per heavy atom. The Labute approximate surface area is 91.1 Å². The first-order valence-corrected chi connectivity index (χ1v) is 5.25. The molecule has 0 aromatic rings. The Bertz CT molecular complexity index is 370. The van der Waals surface area contributed by atoms with E-state index in [2.05, 4.69) is 11.9 Å². The van der Waals surface area contributed by atoms with Gasteiger partial charge in [-0.05, 0) is 26.3 Å². The largest absolute Gasteiger partial charge is 0.295 e. The molecular formula is C13H17NO. The van der Waals surface area contributed by atoms with Crippen molar-refractivity contribution in [1.82, 2.24) is 0 Å². The zero-order chi connectivity index (χ0) is 11.3. The van der Waals surface area contributed by atoms with Crippen molar-refractivity contribution >= 4 is 11.5 Å². The van der Waals surface area contributed by atoms with Crippen LogP contribution in [-0.4, -0.2) is 11.5 Å². The molecule has 0 atom stereocenters. The summed E-state index contributed by atoms with van der Waals surface area (Å²) in [6.45, 7) is 5.68. The van der Waals surface area contributed by atoms with Gasteiger partial charge in [0, 0.05) is 23.4 Å². The predicted molar refractivity (Wildman–Crippen MR) is 64.0 cm³/mol. The molecule has 0 aromatic heterocycles. The second-order valence-electron chi connectivity index (χ2n) is 3.67. The van der Waals surface area contributed by atoms with Crippen molar-refractivity contribution in [2.45, 2.75) is 33.6 Å². The quantitative estimate of drug-likeness (QED) is 0.647. The molecule has 0 heterocycles. The SMILES string of the molecule is CCC(C)=NC1=CC=CC=C(C(C)=O)C1. The highest BCUT2D eigenvalue weighted by Gasteiger charge is 2.07. The molecule has 0 N–H and O–H groups in total. The molecular weight excluding hydrogens is 186 g/mol. The summed E-state index contributed by atoms with van der Waals surface area (Å²) in [6, 6.07) is 0. The zero-order valence-corrected chi connectivity index (χ0v) is 9.58. The fourth-order valence-corrected chi connectivity index (χ4v) is 1.29. The number of aliphatic imine (C=N–C) groups is 1. The number of nitrogens with zero attached hydrogens (tertiary/aromatic N) is 1. The first-order valence-electron chi connectivity index (χ1n) is 5.25. The topological polar surface area (TPSA) is 29.4 Å². The van der Waals surface area contributed by atoms with Crippen LogP contribution in [0.15, 0.2) is 40.6 Å². The second-order valence-corrected chi connectivity index (χ2v) is 3.67. The van der Waals surface area contributed by atoms with Crippen LogP contribution >= 0.6 is 0 Å². The monoisotopic (exact) mass is 203 g/mol. The normalized spacial score (nSPS) is 16.9.